The van der Waals surface area contributed by atoms with Crippen molar-refractivity contribution in [2.75, 3.05) is 4.90 Å². The van der Waals surface area contributed by atoms with E-state index < -0.39 is 4.92 Å². The van der Waals surface area contributed by atoms with Gasteiger partial charge in [0.15, 0.2) is 4.32 Å². The fourth-order valence-corrected chi connectivity index (χ4v) is 5.13. The molecule has 0 spiro atoms. The maximum absolute atomic E-state index is 13.4. The highest BCUT2D eigenvalue weighted by molar-refractivity contribution is 8.27. The fourth-order valence-electron chi connectivity index (χ4n) is 3.86. The summed E-state index contributed by atoms with van der Waals surface area (Å²) in [6.45, 7) is 0.121. The summed E-state index contributed by atoms with van der Waals surface area (Å²) in [6, 6.07) is 23.4. The van der Waals surface area contributed by atoms with E-state index in [1.54, 1.807) is 18.2 Å². The number of anilines is 1. The molecule has 4 aromatic rings. The zero-order valence-electron chi connectivity index (χ0n) is 18.6. The minimum Gasteiger partial charge on any atom is -0.488 e. The van der Waals surface area contributed by atoms with Gasteiger partial charge in [0, 0.05) is 23.1 Å². The van der Waals surface area contributed by atoms with E-state index in [1.165, 1.54) is 35.2 Å². The molecule has 0 atom stereocenters. The lowest BCUT2D eigenvalue weighted by Gasteiger charge is -2.17. The standard InChI is InChI=1S/C27H17FN2O4S2/c28-20-10-8-17(9-11-20)16-34-24-13-12-21(30(32)33)14-19(24)15-25-26(31)29(27(35)36-25)23-7-3-5-18-4-1-2-6-22(18)23/h1-15H,16H2/b25-15+. The molecule has 9 heteroatoms. The Hall–Kier alpha value is -4.08. The first-order valence-electron chi connectivity index (χ1n) is 10.8. The van der Waals surface area contributed by atoms with Crippen molar-refractivity contribution in [1.82, 2.24) is 0 Å². The van der Waals surface area contributed by atoms with Gasteiger partial charge in [0.05, 0.1) is 15.5 Å². The number of carbonyl (C=O) groups is 1. The van der Waals surface area contributed by atoms with E-state index in [4.69, 9.17) is 17.0 Å². The van der Waals surface area contributed by atoms with Crippen molar-refractivity contribution in [3.8, 4) is 5.75 Å². The van der Waals surface area contributed by atoms with Crippen molar-refractivity contribution in [1.29, 1.82) is 0 Å². The number of hydrogen-bond donors (Lipinski definition) is 0. The highest BCUT2D eigenvalue weighted by Gasteiger charge is 2.34. The molecular weight excluding hydrogens is 499 g/mol. The minimum absolute atomic E-state index is 0.121. The number of rotatable bonds is 6. The van der Waals surface area contributed by atoms with Crippen LogP contribution < -0.4 is 9.64 Å². The maximum Gasteiger partial charge on any atom is 0.270 e. The predicted molar refractivity (Wildman–Crippen MR) is 143 cm³/mol. The van der Waals surface area contributed by atoms with Crippen LogP contribution in [0.1, 0.15) is 11.1 Å². The van der Waals surface area contributed by atoms with Gasteiger partial charge in [-0.05, 0) is 41.3 Å². The van der Waals surface area contributed by atoms with Crippen molar-refractivity contribution in [2.45, 2.75) is 6.61 Å². The maximum atomic E-state index is 13.4. The Morgan fingerprint density at radius 1 is 1.03 bits per heavy atom. The molecule has 6 nitrogen and oxygen atoms in total. The average molecular weight is 517 g/mol. The molecule has 178 valence electrons. The number of amides is 1. The first-order chi connectivity index (χ1) is 17.4. The lowest BCUT2D eigenvalue weighted by atomic mass is 10.1. The number of ether oxygens (including phenoxy) is 1. The molecule has 1 aliphatic rings. The van der Waals surface area contributed by atoms with Crippen molar-refractivity contribution < 1.29 is 18.8 Å². The Balaban J connectivity index is 1.49. The number of halogens is 1. The van der Waals surface area contributed by atoms with Crippen LogP contribution in [0.3, 0.4) is 0 Å². The summed E-state index contributed by atoms with van der Waals surface area (Å²) in [7, 11) is 0. The zero-order valence-corrected chi connectivity index (χ0v) is 20.2. The van der Waals surface area contributed by atoms with Crippen LogP contribution in [0.2, 0.25) is 0 Å². The van der Waals surface area contributed by atoms with Gasteiger partial charge >= 0.3 is 0 Å². The van der Waals surface area contributed by atoms with Crippen LogP contribution in [0.5, 0.6) is 5.75 Å². The van der Waals surface area contributed by atoms with Gasteiger partial charge in [-0.25, -0.2) is 4.39 Å². The summed E-state index contributed by atoms with van der Waals surface area (Å²) < 4.78 is 19.5. The number of nitro groups is 1. The zero-order chi connectivity index (χ0) is 25.2. The molecule has 0 N–H and O–H groups in total. The lowest BCUT2D eigenvalue weighted by Crippen LogP contribution is -2.27. The van der Waals surface area contributed by atoms with Gasteiger partial charge in [-0.15, -0.1) is 0 Å². The van der Waals surface area contributed by atoms with E-state index in [1.807, 2.05) is 42.5 Å². The largest absolute Gasteiger partial charge is 0.488 e. The van der Waals surface area contributed by atoms with Gasteiger partial charge in [-0.2, -0.15) is 0 Å². The first-order valence-corrected chi connectivity index (χ1v) is 12.0. The minimum atomic E-state index is -0.511. The van der Waals surface area contributed by atoms with Crippen molar-refractivity contribution in [3.63, 3.8) is 0 Å². The molecule has 36 heavy (non-hydrogen) atoms. The van der Waals surface area contributed by atoms with Crippen LogP contribution in [-0.4, -0.2) is 15.2 Å². The molecule has 0 aromatic heterocycles. The number of fused-ring (bicyclic) bond motifs is 1. The smallest absolute Gasteiger partial charge is 0.270 e. The monoisotopic (exact) mass is 516 g/mol. The third-order valence-corrected chi connectivity index (χ3v) is 6.90. The van der Waals surface area contributed by atoms with E-state index in [2.05, 4.69) is 0 Å². The van der Waals surface area contributed by atoms with E-state index >= 15 is 0 Å². The van der Waals surface area contributed by atoms with Gasteiger partial charge in [0.1, 0.15) is 18.2 Å². The molecular formula is C27H17FN2O4S2. The van der Waals surface area contributed by atoms with Gasteiger partial charge in [-0.1, -0.05) is 72.5 Å². The van der Waals surface area contributed by atoms with Crippen LogP contribution in [0.25, 0.3) is 16.8 Å². The number of nitro benzene ring substituents is 1. The number of nitrogens with zero attached hydrogens (tertiary/aromatic N) is 2. The second kappa shape index (κ2) is 9.88. The van der Waals surface area contributed by atoms with Gasteiger partial charge < -0.3 is 4.74 Å². The molecule has 0 saturated carbocycles. The number of hydrogen-bond acceptors (Lipinski definition) is 6. The van der Waals surface area contributed by atoms with Gasteiger partial charge in [0.25, 0.3) is 11.6 Å². The van der Waals surface area contributed by atoms with Gasteiger partial charge in [-0.3, -0.25) is 19.8 Å². The van der Waals surface area contributed by atoms with Crippen molar-refractivity contribution >= 4 is 62.4 Å². The Morgan fingerprint density at radius 2 is 1.78 bits per heavy atom. The van der Waals surface area contributed by atoms with Crippen molar-refractivity contribution in [3.05, 3.63) is 117 Å². The van der Waals surface area contributed by atoms with Crippen LogP contribution in [0.4, 0.5) is 15.8 Å². The Kier molecular flexibility index (Phi) is 6.49. The summed E-state index contributed by atoms with van der Waals surface area (Å²) in [5.74, 6) is -0.333. The summed E-state index contributed by atoms with van der Waals surface area (Å²) in [5, 5.41) is 13.3. The molecule has 1 saturated heterocycles. The van der Waals surface area contributed by atoms with Gasteiger partial charge in [0.2, 0.25) is 0 Å². The second-order valence-corrected chi connectivity index (χ2v) is 9.59. The Bertz CT molecular complexity index is 1550. The number of thiocarbonyl (C=S) groups is 1. The van der Waals surface area contributed by atoms with E-state index in [9.17, 15) is 19.3 Å². The molecule has 0 aliphatic carbocycles. The molecule has 0 unspecified atom stereocenters. The highest BCUT2D eigenvalue weighted by Crippen LogP contribution is 2.40. The summed E-state index contributed by atoms with van der Waals surface area (Å²) in [6.07, 6.45) is 1.55. The second-order valence-electron chi connectivity index (χ2n) is 7.91. The summed E-state index contributed by atoms with van der Waals surface area (Å²) >= 11 is 6.66. The molecule has 0 radical (unpaired) electrons. The number of benzene rings is 4. The molecule has 5 rings (SSSR count). The molecule has 4 aromatic carbocycles. The molecule has 1 heterocycles. The van der Waals surface area contributed by atoms with E-state index in [0.29, 0.717) is 26.2 Å². The first kappa shape index (κ1) is 23.7. The predicted octanol–water partition coefficient (Wildman–Crippen LogP) is 6.87. The fraction of sp³-hybridized carbons (Fsp3) is 0.0370. The van der Waals surface area contributed by atoms with Crippen LogP contribution in [-0.2, 0) is 11.4 Å². The quantitative estimate of drug-likeness (QED) is 0.121. The normalized spacial score (nSPS) is 14.6. The van der Waals surface area contributed by atoms with E-state index in [0.717, 1.165) is 28.1 Å². The number of non-ortho nitro benzene ring substituents is 1. The van der Waals surface area contributed by atoms with Crippen LogP contribution in [0.15, 0.2) is 89.8 Å². The molecule has 0 bridgehead atoms. The SMILES string of the molecule is O=C1/C(=C\c2cc([N+](=O)[O-])ccc2OCc2ccc(F)cc2)SC(=S)N1c1cccc2ccccc12. The highest BCUT2D eigenvalue weighted by atomic mass is 32.2. The van der Waals surface area contributed by atoms with Crippen LogP contribution >= 0.6 is 24.0 Å². The molecule has 1 amide bonds. The number of carbonyl (C=O) groups excluding carboxylic acids is 1. The Morgan fingerprint density at radius 3 is 2.56 bits per heavy atom. The Labute approximate surface area is 215 Å². The van der Waals surface area contributed by atoms with E-state index in [-0.39, 0.29) is 24.0 Å². The summed E-state index contributed by atoms with van der Waals surface area (Å²) in [5.41, 5.74) is 1.62. The molecule has 1 aliphatic heterocycles. The summed E-state index contributed by atoms with van der Waals surface area (Å²) in [4.78, 5) is 26.1. The molecule has 1 fully saturated rings. The van der Waals surface area contributed by atoms with Crippen LogP contribution in [0, 0.1) is 15.9 Å². The lowest BCUT2D eigenvalue weighted by molar-refractivity contribution is -0.384. The average Bonchev–Trinajstić information content (AvgIpc) is 3.16. The third kappa shape index (κ3) is 4.71. The number of thioether (sulfide) groups is 1. The topological polar surface area (TPSA) is 72.7 Å². The third-order valence-electron chi connectivity index (χ3n) is 5.60. The van der Waals surface area contributed by atoms with Crippen molar-refractivity contribution in [2.24, 2.45) is 0 Å².